The van der Waals surface area contributed by atoms with Gasteiger partial charge in [-0.15, -0.1) is 0 Å². The summed E-state index contributed by atoms with van der Waals surface area (Å²) in [6, 6.07) is 9.91. The lowest BCUT2D eigenvalue weighted by atomic mass is 9.95. The Hall–Kier alpha value is -4.11. The first-order valence-corrected chi connectivity index (χ1v) is 17.0. The SMILES string of the molecule is CCC(CC)COC(=O)[C@H](C)N[P@](=O)(OC[C@@]1(CF)O[C@@H](c2ccc3c(N)ncnn23)[C@H](OC(C)=O)[C@@H]1OC(C)=O)Oc1ccccc1. The zero-order valence-corrected chi connectivity index (χ0v) is 28.3. The van der Waals surface area contributed by atoms with Gasteiger partial charge in [-0.3, -0.25) is 18.9 Å². The molecule has 0 spiro atoms. The van der Waals surface area contributed by atoms with Gasteiger partial charge in [0.1, 0.15) is 36.4 Å². The molecule has 0 radical (unpaired) electrons. The quantitative estimate of drug-likeness (QED) is 0.124. The molecule has 1 aliphatic heterocycles. The Balaban J connectivity index is 1.69. The van der Waals surface area contributed by atoms with Crippen LogP contribution in [0.25, 0.3) is 5.52 Å². The van der Waals surface area contributed by atoms with Crippen LogP contribution in [0.1, 0.15) is 59.3 Å². The summed E-state index contributed by atoms with van der Waals surface area (Å²) in [5.41, 5.74) is 4.43. The summed E-state index contributed by atoms with van der Waals surface area (Å²) < 4.78 is 65.3. The average Bonchev–Trinajstić information content (AvgIpc) is 3.60. The number of nitrogens with zero attached hydrogens (tertiary/aromatic N) is 3. The summed E-state index contributed by atoms with van der Waals surface area (Å²) in [4.78, 5) is 41.5. The van der Waals surface area contributed by atoms with Gasteiger partial charge in [0.05, 0.1) is 18.9 Å². The molecule has 0 unspecified atom stereocenters. The maximum Gasteiger partial charge on any atom is 0.459 e. The Kier molecular flexibility index (Phi) is 12.1. The van der Waals surface area contributed by atoms with Crippen molar-refractivity contribution in [1.29, 1.82) is 0 Å². The zero-order valence-electron chi connectivity index (χ0n) is 27.4. The molecule has 6 atom stereocenters. The lowest BCUT2D eigenvalue weighted by Crippen LogP contribution is -2.52. The van der Waals surface area contributed by atoms with Gasteiger partial charge in [0.2, 0.25) is 0 Å². The minimum absolute atomic E-state index is 0.108. The van der Waals surface area contributed by atoms with E-state index in [1.54, 1.807) is 30.3 Å². The highest BCUT2D eigenvalue weighted by Crippen LogP contribution is 2.50. The molecule has 4 rings (SSSR count). The maximum atomic E-state index is 15.4. The number of hydrogen-bond acceptors (Lipinski definition) is 13. The Bertz CT molecular complexity index is 1620. The van der Waals surface area contributed by atoms with Gasteiger partial charge >= 0.3 is 25.7 Å². The topological polar surface area (TPSA) is 192 Å². The molecule has 15 nitrogen and oxygen atoms in total. The summed E-state index contributed by atoms with van der Waals surface area (Å²) in [6.07, 6.45) is -1.51. The molecule has 1 aromatic carbocycles. The number of nitrogen functional groups attached to an aromatic ring is 1. The predicted octanol–water partition coefficient (Wildman–Crippen LogP) is 4.12. The van der Waals surface area contributed by atoms with Crippen molar-refractivity contribution in [3.05, 3.63) is 54.5 Å². The largest absolute Gasteiger partial charge is 0.464 e. The number of carbonyl (C=O) groups excluding carboxylic acids is 3. The highest BCUT2D eigenvalue weighted by atomic mass is 31.2. The van der Waals surface area contributed by atoms with E-state index in [1.807, 2.05) is 13.8 Å². The lowest BCUT2D eigenvalue weighted by molar-refractivity contribution is -0.172. The van der Waals surface area contributed by atoms with Crippen molar-refractivity contribution in [2.75, 3.05) is 25.6 Å². The van der Waals surface area contributed by atoms with Crippen LogP contribution >= 0.6 is 7.75 Å². The first-order valence-electron chi connectivity index (χ1n) is 15.4. The summed E-state index contributed by atoms with van der Waals surface area (Å²) in [5, 5.41) is 6.76. The van der Waals surface area contributed by atoms with E-state index >= 15 is 4.39 Å². The Labute approximate surface area is 277 Å². The fourth-order valence-electron chi connectivity index (χ4n) is 5.24. The molecule has 2 aromatic heterocycles. The Morgan fingerprint density at radius 2 is 1.79 bits per heavy atom. The third-order valence-corrected chi connectivity index (χ3v) is 9.49. The van der Waals surface area contributed by atoms with Crippen molar-refractivity contribution in [3.63, 3.8) is 0 Å². The van der Waals surface area contributed by atoms with Crippen LogP contribution in [-0.2, 0) is 42.4 Å². The van der Waals surface area contributed by atoms with Gasteiger partial charge in [-0.05, 0) is 37.1 Å². The first kappa shape index (κ1) is 36.7. The van der Waals surface area contributed by atoms with Crippen LogP contribution in [0.15, 0.2) is 48.8 Å². The molecule has 0 aliphatic carbocycles. The fourth-order valence-corrected chi connectivity index (χ4v) is 6.78. The number of fused-ring (bicyclic) bond motifs is 1. The molecular weight excluding hydrogens is 652 g/mol. The third-order valence-electron chi connectivity index (χ3n) is 7.87. The van der Waals surface area contributed by atoms with Crippen molar-refractivity contribution in [3.8, 4) is 5.75 Å². The van der Waals surface area contributed by atoms with E-state index in [9.17, 15) is 18.9 Å². The maximum absolute atomic E-state index is 15.4. The highest BCUT2D eigenvalue weighted by Gasteiger charge is 2.61. The van der Waals surface area contributed by atoms with Crippen molar-refractivity contribution < 1.29 is 51.3 Å². The summed E-state index contributed by atoms with van der Waals surface area (Å²) >= 11 is 0. The van der Waals surface area contributed by atoms with Gasteiger partial charge in [0.15, 0.2) is 23.6 Å². The van der Waals surface area contributed by atoms with Crippen LogP contribution < -0.4 is 15.3 Å². The van der Waals surface area contributed by atoms with E-state index in [4.69, 9.17) is 33.7 Å². The molecule has 3 N–H and O–H groups in total. The molecule has 0 saturated carbocycles. The van der Waals surface area contributed by atoms with Crippen LogP contribution in [0, 0.1) is 5.92 Å². The number of halogens is 1. The van der Waals surface area contributed by atoms with Crippen LogP contribution in [-0.4, -0.2) is 76.2 Å². The van der Waals surface area contributed by atoms with E-state index in [1.165, 1.54) is 29.9 Å². The predicted molar refractivity (Wildman–Crippen MR) is 169 cm³/mol. The van der Waals surface area contributed by atoms with Crippen molar-refractivity contribution in [2.45, 2.75) is 77.4 Å². The van der Waals surface area contributed by atoms with Gasteiger partial charge in [-0.2, -0.15) is 10.2 Å². The first-order chi connectivity index (χ1) is 22.8. The molecule has 0 amide bonds. The number of para-hydroxylation sites is 1. The van der Waals surface area contributed by atoms with Gasteiger partial charge in [-0.1, -0.05) is 44.9 Å². The summed E-state index contributed by atoms with van der Waals surface area (Å²) in [6.45, 7) is 5.52. The number of rotatable bonds is 16. The number of hydrogen-bond donors (Lipinski definition) is 2. The van der Waals surface area contributed by atoms with E-state index in [0.29, 0.717) is 5.52 Å². The smallest absolute Gasteiger partial charge is 0.459 e. The second-order valence-electron chi connectivity index (χ2n) is 11.4. The van der Waals surface area contributed by atoms with Crippen molar-refractivity contribution >= 4 is 37.0 Å². The number of esters is 3. The van der Waals surface area contributed by atoms with Crippen molar-refractivity contribution in [2.24, 2.45) is 5.92 Å². The molecule has 3 heterocycles. The Morgan fingerprint density at radius 3 is 2.42 bits per heavy atom. The number of ether oxygens (including phenoxy) is 4. The average molecular weight is 694 g/mol. The molecule has 48 heavy (non-hydrogen) atoms. The summed E-state index contributed by atoms with van der Waals surface area (Å²) in [7, 11) is -4.54. The summed E-state index contributed by atoms with van der Waals surface area (Å²) in [5.74, 6) is -1.96. The highest BCUT2D eigenvalue weighted by molar-refractivity contribution is 7.52. The van der Waals surface area contributed by atoms with Crippen LogP contribution in [0.5, 0.6) is 5.75 Å². The van der Waals surface area contributed by atoms with Crippen LogP contribution in [0.4, 0.5) is 10.2 Å². The van der Waals surface area contributed by atoms with Gasteiger partial charge in [-0.25, -0.2) is 18.5 Å². The number of nitrogens with one attached hydrogen (secondary N) is 1. The molecule has 17 heteroatoms. The molecule has 3 aromatic rings. The number of anilines is 1. The van der Waals surface area contributed by atoms with Crippen LogP contribution in [0.3, 0.4) is 0 Å². The molecule has 1 fully saturated rings. The number of carbonyl (C=O) groups is 3. The minimum atomic E-state index is -4.54. The molecular formula is C31H41FN5O10P. The monoisotopic (exact) mass is 693 g/mol. The van der Waals surface area contributed by atoms with E-state index in [0.717, 1.165) is 26.7 Å². The molecule has 1 aliphatic rings. The molecule has 262 valence electrons. The standard InChI is InChI=1S/C31H41FN5O10P/c1-6-22(7-2)15-42-30(40)19(3)36-48(41,47-23-11-9-8-10-12-23)43-17-31(16-32)28(45-21(5)39)27(44-20(4)38)26(46-31)24-13-14-25-29(33)34-18-35-37(24)25/h8-14,18-19,22,26-28H,6-7,15-17H2,1-5H3,(H,36,41)(H2,33,34,35)/t19-,26-,27-,28-,31+,48-/m0/s1. The van der Waals surface area contributed by atoms with Crippen LogP contribution in [0.2, 0.25) is 0 Å². The lowest BCUT2D eigenvalue weighted by Gasteiger charge is -2.33. The number of benzene rings is 1. The second kappa shape index (κ2) is 15.9. The number of aromatic nitrogens is 3. The molecule has 1 saturated heterocycles. The Morgan fingerprint density at radius 1 is 1.10 bits per heavy atom. The normalized spacial score (nSPS) is 22.6. The van der Waals surface area contributed by atoms with Gasteiger partial charge < -0.3 is 29.2 Å². The number of alkyl halides is 1. The van der Waals surface area contributed by atoms with E-state index in [2.05, 4.69) is 15.2 Å². The van der Waals surface area contributed by atoms with E-state index in [-0.39, 0.29) is 29.8 Å². The zero-order chi connectivity index (χ0) is 35.1. The number of nitrogens with two attached hydrogens (primary N) is 1. The molecule has 0 bridgehead atoms. The minimum Gasteiger partial charge on any atom is -0.464 e. The second-order valence-corrected chi connectivity index (χ2v) is 13.1. The van der Waals surface area contributed by atoms with Gasteiger partial charge in [0.25, 0.3) is 0 Å². The van der Waals surface area contributed by atoms with Gasteiger partial charge in [0, 0.05) is 13.8 Å². The van der Waals surface area contributed by atoms with Crippen molar-refractivity contribution in [1.82, 2.24) is 19.7 Å². The fraction of sp³-hybridized carbons (Fsp3) is 0.516. The van der Waals surface area contributed by atoms with E-state index < -0.39 is 68.9 Å². The third kappa shape index (κ3) is 8.48.